The number of nitrogens with one attached hydrogen (secondary N) is 1. The third kappa shape index (κ3) is 6.79. The number of thioether (sulfide) groups is 1. The van der Waals surface area contributed by atoms with E-state index in [4.69, 9.17) is 5.11 Å². The zero-order valence-corrected chi connectivity index (χ0v) is 11.0. The number of carbonyl (C=O) groups excluding carboxylic acids is 1. The molecule has 1 atom stereocenters. The molecule has 0 saturated carbocycles. The molecule has 2 N–H and O–H groups in total. The van der Waals surface area contributed by atoms with Gasteiger partial charge >= 0.3 is 0 Å². The van der Waals surface area contributed by atoms with Crippen LogP contribution in [-0.4, -0.2) is 36.2 Å². The van der Waals surface area contributed by atoms with E-state index in [0.717, 1.165) is 5.75 Å². The molecule has 1 unspecified atom stereocenters. The highest BCUT2D eigenvalue weighted by atomic mass is 32.2. The lowest BCUT2D eigenvalue weighted by Gasteiger charge is -2.24. The van der Waals surface area contributed by atoms with E-state index in [9.17, 15) is 4.79 Å². The van der Waals surface area contributed by atoms with Gasteiger partial charge in [-0.15, -0.1) is 0 Å². The highest BCUT2D eigenvalue weighted by Gasteiger charge is 2.19. The number of hydrogen-bond acceptors (Lipinski definition) is 3. The van der Waals surface area contributed by atoms with Crippen molar-refractivity contribution < 1.29 is 9.90 Å². The average molecular weight is 233 g/mol. The Balaban J connectivity index is 3.88. The predicted molar refractivity (Wildman–Crippen MR) is 66.0 cm³/mol. The monoisotopic (exact) mass is 233 g/mol. The molecule has 0 rings (SSSR count). The molecule has 0 heterocycles. The van der Waals surface area contributed by atoms with Gasteiger partial charge in [0.2, 0.25) is 5.91 Å². The smallest absolute Gasteiger partial charge is 0.223 e. The van der Waals surface area contributed by atoms with E-state index in [1.165, 1.54) is 0 Å². The quantitative estimate of drug-likeness (QED) is 0.701. The summed E-state index contributed by atoms with van der Waals surface area (Å²) in [5, 5.41) is 11.8. The Bertz CT molecular complexity index is 195. The number of carbonyl (C=O) groups is 1. The Morgan fingerprint density at radius 3 is 2.60 bits per heavy atom. The van der Waals surface area contributed by atoms with Crippen molar-refractivity contribution in [2.24, 2.45) is 11.3 Å². The molecule has 15 heavy (non-hydrogen) atoms. The molecule has 0 aromatic heterocycles. The van der Waals surface area contributed by atoms with Crippen molar-refractivity contribution in [3.8, 4) is 0 Å². The van der Waals surface area contributed by atoms with Gasteiger partial charge in [-0.3, -0.25) is 4.79 Å². The van der Waals surface area contributed by atoms with E-state index in [-0.39, 0.29) is 23.8 Å². The summed E-state index contributed by atoms with van der Waals surface area (Å²) in [4.78, 5) is 11.6. The topological polar surface area (TPSA) is 49.3 Å². The average Bonchev–Trinajstić information content (AvgIpc) is 2.14. The van der Waals surface area contributed by atoms with Crippen molar-refractivity contribution in [1.82, 2.24) is 5.32 Å². The number of amides is 1. The van der Waals surface area contributed by atoms with Crippen molar-refractivity contribution in [2.45, 2.75) is 27.2 Å². The molecular formula is C11H23NO2S. The summed E-state index contributed by atoms with van der Waals surface area (Å²) in [6.45, 7) is 6.82. The molecule has 1 amide bonds. The maximum absolute atomic E-state index is 11.6. The summed E-state index contributed by atoms with van der Waals surface area (Å²) in [5.41, 5.74) is -0.0243. The molecule has 90 valence electrons. The van der Waals surface area contributed by atoms with Crippen LogP contribution in [0.15, 0.2) is 0 Å². The van der Waals surface area contributed by atoms with E-state index in [1.807, 2.05) is 27.0 Å². The Labute approximate surface area is 97.0 Å². The van der Waals surface area contributed by atoms with Crippen LogP contribution in [0.5, 0.6) is 0 Å². The van der Waals surface area contributed by atoms with E-state index >= 15 is 0 Å². The van der Waals surface area contributed by atoms with Crippen LogP contribution in [0.1, 0.15) is 27.2 Å². The van der Waals surface area contributed by atoms with Crippen LogP contribution in [0.4, 0.5) is 0 Å². The van der Waals surface area contributed by atoms with Crippen LogP contribution in [0, 0.1) is 11.3 Å². The minimum absolute atomic E-state index is 0.0243. The number of aliphatic hydroxyl groups excluding tert-OH is 1. The van der Waals surface area contributed by atoms with Crippen LogP contribution < -0.4 is 5.32 Å². The molecule has 3 nitrogen and oxygen atoms in total. The van der Waals surface area contributed by atoms with E-state index in [2.05, 4.69) is 5.32 Å². The maximum atomic E-state index is 11.6. The summed E-state index contributed by atoms with van der Waals surface area (Å²) in [6, 6.07) is 0. The second kappa shape index (κ2) is 7.12. The molecule has 0 aromatic rings. The van der Waals surface area contributed by atoms with Crippen LogP contribution >= 0.6 is 11.8 Å². The van der Waals surface area contributed by atoms with Gasteiger partial charge in [-0.25, -0.2) is 0 Å². The van der Waals surface area contributed by atoms with Gasteiger partial charge in [0.05, 0.1) is 0 Å². The van der Waals surface area contributed by atoms with Crippen LogP contribution in [0.3, 0.4) is 0 Å². The number of hydrogen-bond donors (Lipinski definition) is 2. The first-order valence-corrected chi connectivity index (χ1v) is 6.70. The fourth-order valence-corrected chi connectivity index (χ4v) is 1.87. The van der Waals surface area contributed by atoms with Gasteiger partial charge in [0.25, 0.3) is 0 Å². The van der Waals surface area contributed by atoms with Crippen molar-refractivity contribution in [2.75, 3.05) is 25.2 Å². The predicted octanol–water partition coefficient (Wildman–Crippen LogP) is 1.51. The van der Waals surface area contributed by atoms with Crippen molar-refractivity contribution in [3.63, 3.8) is 0 Å². The zero-order valence-electron chi connectivity index (χ0n) is 10.2. The number of aliphatic hydroxyl groups is 1. The molecule has 0 aliphatic heterocycles. The van der Waals surface area contributed by atoms with Gasteiger partial charge in [0.1, 0.15) is 0 Å². The molecule has 0 bridgehead atoms. The van der Waals surface area contributed by atoms with Gasteiger partial charge in [-0.2, -0.15) is 11.8 Å². The first kappa shape index (κ1) is 14.8. The van der Waals surface area contributed by atoms with E-state index in [0.29, 0.717) is 13.0 Å². The van der Waals surface area contributed by atoms with Gasteiger partial charge in [-0.05, 0) is 18.1 Å². The lowest BCUT2D eigenvalue weighted by molar-refractivity contribution is -0.124. The third-order valence-corrected chi connectivity index (χ3v) is 3.23. The van der Waals surface area contributed by atoms with Crippen LogP contribution in [-0.2, 0) is 4.79 Å². The fourth-order valence-electron chi connectivity index (χ4n) is 1.22. The summed E-state index contributed by atoms with van der Waals surface area (Å²) in [7, 11) is 0. The summed E-state index contributed by atoms with van der Waals surface area (Å²) >= 11 is 1.68. The number of rotatable bonds is 7. The second-order valence-corrected chi connectivity index (χ2v) is 5.62. The molecular weight excluding hydrogens is 210 g/mol. The Kier molecular flexibility index (Phi) is 7.02. The minimum Gasteiger partial charge on any atom is -0.396 e. The van der Waals surface area contributed by atoms with Gasteiger partial charge < -0.3 is 10.4 Å². The molecule has 0 saturated heterocycles. The Morgan fingerprint density at radius 1 is 1.53 bits per heavy atom. The summed E-state index contributed by atoms with van der Waals surface area (Å²) in [5.74, 6) is 1.02. The zero-order chi connectivity index (χ0) is 11.9. The van der Waals surface area contributed by atoms with Crippen LogP contribution in [0.25, 0.3) is 0 Å². The first-order valence-electron chi connectivity index (χ1n) is 5.30. The molecule has 0 aliphatic carbocycles. The SMILES string of the molecule is CSCC(C)C(=O)NCC(C)(C)CCO. The van der Waals surface area contributed by atoms with Crippen LogP contribution in [0.2, 0.25) is 0 Å². The van der Waals surface area contributed by atoms with Gasteiger partial charge in [-0.1, -0.05) is 20.8 Å². The highest BCUT2D eigenvalue weighted by Crippen LogP contribution is 2.18. The third-order valence-electron chi connectivity index (χ3n) is 2.39. The van der Waals surface area contributed by atoms with Crippen molar-refractivity contribution in [3.05, 3.63) is 0 Å². The molecule has 0 aliphatic rings. The van der Waals surface area contributed by atoms with Gasteiger partial charge in [0, 0.05) is 24.8 Å². The normalized spacial score (nSPS) is 13.7. The van der Waals surface area contributed by atoms with Gasteiger partial charge in [0.15, 0.2) is 0 Å². The largest absolute Gasteiger partial charge is 0.396 e. The molecule has 0 spiro atoms. The maximum Gasteiger partial charge on any atom is 0.223 e. The van der Waals surface area contributed by atoms with Crippen molar-refractivity contribution in [1.29, 1.82) is 0 Å². The van der Waals surface area contributed by atoms with Crippen molar-refractivity contribution >= 4 is 17.7 Å². The lowest BCUT2D eigenvalue weighted by Crippen LogP contribution is -2.38. The Hall–Kier alpha value is -0.220. The second-order valence-electron chi connectivity index (χ2n) is 4.71. The summed E-state index contributed by atoms with van der Waals surface area (Å²) in [6.07, 6.45) is 2.71. The molecule has 0 radical (unpaired) electrons. The van der Waals surface area contributed by atoms with E-state index in [1.54, 1.807) is 11.8 Å². The lowest BCUT2D eigenvalue weighted by atomic mass is 9.89. The molecule has 4 heteroatoms. The van der Waals surface area contributed by atoms with E-state index < -0.39 is 0 Å². The first-order chi connectivity index (χ1) is 6.93. The molecule has 0 fully saturated rings. The standard InChI is InChI=1S/C11H23NO2S/c1-9(7-15-4)10(14)12-8-11(2,3)5-6-13/h9,13H,5-8H2,1-4H3,(H,12,14). The Morgan fingerprint density at radius 2 is 2.13 bits per heavy atom. The minimum atomic E-state index is -0.0243. The highest BCUT2D eigenvalue weighted by molar-refractivity contribution is 7.98. The molecule has 0 aromatic carbocycles. The summed E-state index contributed by atoms with van der Waals surface area (Å²) < 4.78 is 0. The fraction of sp³-hybridized carbons (Fsp3) is 0.909.